The fourth-order valence-corrected chi connectivity index (χ4v) is 2.45. The van der Waals surface area contributed by atoms with Gasteiger partial charge in [0.05, 0.1) is 4.47 Å². The van der Waals surface area contributed by atoms with Gasteiger partial charge in [0, 0.05) is 10.0 Å². The van der Waals surface area contributed by atoms with Crippen LogP contribution < -0.4 is 5.73 Å². The highest BCUT2D eigenvalue weighted by Gasteiger charge is 2.62. The van der Waals surface area contributed by atoms with E-state index >= 15 is 0 Å². The van der Waals surface area contributed by atoms with Gasteiger partial charge in [-0.1, -0.05) is 15.9 Å². The number of rotatable bonds is 2. The first-order valence-corrected chi connectivity index (χ1v) is 5.95. The molecule has 0 aliphatic rings. The molecule has 0 heterocycles. The maximum absolute atomic E-state index is 13.1. The van der Waals surface area contributed by atoms with Gasteiger partial charge < -0.3 is 10.8 Å². The zero-order valence-electron chi connectivity index (χ0n) is 8.81. The molecule has 0 saturated carbocycles. The standard InChI is InChI=1S/C9H6Br2F5NO.ClH/c10-3-1-4(6(18)5(11)2-3)7(17)8(12,13)9(14,15)16;/h1-2,7,18H,17H2;1H/t7-;/m1./s1. The average Bonchev–Trinajstić information content (AvgIpc) is 2.20. The topological polar surface area (TPSA) is 46.2 Å². The summed E-state index contributed by atoms with van der Waals surface area (Å²) in [5, 5.41) is 9.47. The Bertz CT molecular complexity index is 469. The zero-order chi connectivity index (χ0) is 14.3. The first-order valence-electron chi connectivity index (χ1n) is 4.36. The lowest BCUT2D eigenvalue weighted by atomic mass is 10.00. The molecule has 0 aliphatic carbocycles. The summed E-state index contributed by atoms with van der Waals surface area (Å²) in [4.78, 5) is 0. The molecule has 110 valence electrons. The van der Waals surface area contributed by atoms with Crippen LogP contribution in [-0.2, 0) is 0 Å². The highest BCUT2D eigenvalue weighted by Crippen LogP contribution is 2.46. The van der Waals surface area contributed by atoms with E-state index in [0.717, 1.165) is 6.07 Å². The van der Waals surface area contributed by atoms with E-state index in [0.29, 0.717) is 0 Å². The second-order valence-electron chi connectivity index (χ2n) is 3.42. The molecule has 10 heteroatoms. The van der Waals surface area contributed by atoms with E-state index < -0.39 is 29.5 Å². The Balaban J connectivity index is 0.00000324. The van der Waals surface area contributed by atoms with Crippen LogP contribution in [0.25, 0.3) is 0 Å². The number of hydrogen-bond acceptors (Lipinski definition) is 2. The summed E-state index contributed by atoms with van der Waals surface area (Å²) >= 11 is 5.73. The molecule has 0 radical (unpaired) electrons. The lowest BCUT2D eigenvalue weighted by molar-refractivity contribution is -0.291. The molecule has 1 aromatic rings. The van der Waals surface area contributed by atoms with E-state index in [1.54, 1.807) is 0 Å². The lowest BCUT2D eigenvalue weighted by Gasteiger charge is -2.26. The van der Waals surface area contributed by atoms with E-state index in [9.17, 15) is 27.1 Å². The third-order valence-electron chi connectivity index (χ3n) is 2.16. The summed E-state index contributed by atoms with van der Waals surface area (Å²) in [7, 11) is 0. The Hall–Kier alpha value is -0.120. The first-order chi connectivity index (χ1) is 7.98. The minimum absolute atomic E-state index is 0. The molecule has 0 aliphatic heterocycles. The molecule has 0 aromatic heterocycles. The van der Waals surface area contributed by atoms with Crippen LogP contribution in [0.5, 0.6) is 5.75 Å². The van der Waals surface area contributed by atoms with Crippen molar-refractivity contribution >= 4 is 44.3 Å². The van der Waals surface area contributed by atoms with Gasteiger partial charge >= 0.3 is 12.1 Å². The van der Waals surface area contributed by atoms with Crippen LogP contribution in [0.15, 0.2) is 21.1 Å². The maximum Gasteiger partial charge on any atom is 0.455 e. The van der Waals surface area contributed by atoms with Gasteiger partial charge in [-0.3, -0.25) is 0 Å². The molecule has 1 rings (SSSR count). The van der Waals surface area contributed by atoms with Gasteiger partial charge in [0.15, 0.2) is 0 Å². The Kier molecular flexibility index (Phi) is 6.07. The third kappa shape index (κ3) is 3.71. The van der Waals surface area contributed by atoms with Crippen molar-refractivity contribution in [3.05, 3.63) is 26.6 Å². The van der Waals surface area contributed by atoms with Gasteiger partial charge in [-0.2, -0.15) is 22.0 Å². The normalized spacial score (nSPS) is 13.9. The molecule has 1 aromatic carbocycles. The second-order valence-corrected chi connectivity index (χ2v) is 5.19. The van der Waals surface area contributed by atoms with Crippen molar-refractivity contribution in [2.24, 2.45) is 5.73 Å². The Labute approximate surface area is 127 Å². The Morgan fingerprint density at radius 1 is 1.11 bits per heavy atom. The van der Waals surface area contributed by atoms with Crippen LogP contribution in [-0.4, -0.2) is 17.2 Å². The van der Waals surface area contributed by atoms with Crippen molar-refractivity contribution in [3.63, 3.8) is 0 Å². The van der Waals surface area contributed by atoms with Gasteiger partial charge in [-0.15, -0.1) is 12.4 Å². The number of aromatic hydroxyl groups is 1. The van der Waals surface area contributed by atoms with Gasteiger partial charge in [-0.25, -0.2) is 0 Å². The van der Waals surface area contributed by atoms with Crippen molar-refractivity contribution in [1.29, 1.82) is 0 Å². The van der Waals surface area contributed by atoms with Crippen LogP contribution >= 0.6 is 44.3 Å². The number of alkyl halides is 5. The van der Waals surface area contributed by atoms with Crippen LogP contribution in [0, 0.1) is 0 Å². The monoisotopic (exact) mass is 433 g/mol. The largest absolute Gasteiger partial charge is 0.506 e. The summed E-state index contributed by atoms with van der Waals surface area (Å²) in [6.45, 7) is 0. The highest BCUT2D eigenvalue weighted by molar-refractivity contribution is 9.11. The molecule has 19 heavy (non-hydrogen) atoms. The predicted octanol–water partition coefficient (Wildman–Crippen LogP) is 4.54. The number of halogens is 8. The number of benzene rings is 1. The highest BCUT2D eigenvalue weighted by atomic mass is 79.9. The fourth-order valence-electron chi connectivity index (χ4n) is 1.19. The molecular weight excluding hydrogens is 428 g/mol. The lowest BCUT2D eigenvalue weighted by Crippen LogP contribution is -2.45. The molecule has 0 unspecified atom stereocenters. The minimum Gasteiger partial charge on any atom is -0.506 e. The first kappa shape index (κ1) is 18.9. The molecule has 1 atom stereocenters. The van der Waals surface area contributed by atoms with Crippen molar-refractivity contribution in [2.75, 3.05) is 0 Å². The maximum atomic E-state index is 13.1. The smallest absolute Gasteiger partial charge is 0.455 e. The van der Waals surface area contributed by atoms with Gasteiger partial charge in [0.2, 0.25) is 0 Å². The van der Waals surface area contributed by atoms with E-state index in [2.05, 4.69) is 31.9 Å². The fraction of sp³-hybridized carbons (Fsp3) is 0.333. The molecule has 0 spiro atoms. The van der Waals surface area contributed by atoms with Crippen LogP contribution in [0.1, 0.15) is 11.6 Å². The van der Waals surface area contributed by atoms with E-state index in [1.807, 2.05) is 0 Å². The number of phenols is 1. The molecule has 2 nitrogen and oxygen atoms in total. The van der Waals surface area contributed by atoms with Gasteiger partial charge in [0.25, 0.3) is 0 Å². The van der Waals surface area contributed by atoms with Crippen molar-refractivity contribution < 1.29 is 27.1 Å². The molecular formula is C9H7Br2ClF5NO. The third-order valence-corrected chi connectivity index (χ3v) is 3.22. The molecule has 0 bridgehead atoms. The summed E-state index contributed by atoms with van der Waals surface area (Å²) < 4.78 is 62.8. The summed E-state index contributed by atoms with van der Waals surface area (Å²) in [5.41, 5.74) is 4.22. The molecule has 0 saturated heterocycles. The van der Waals surface area contributed by atoms with Crippen LogP contribution in [0.2, 0.25) is 0 Å². The SMILES string of the molecule is Cl.N[C@H](c1cc(Br)cc(Br)c1O)C(F)(F)C(F)(F)F. The Morgan fingerprint density at radius 3 is 2.00 bits per heavy atom. The summed E-state index contributed by atoms with van der Waals surface area (Å²) in [6, 6.07) is -0.506. The van der Waals surface area contributed by atoms with Crippen molar-refractivity contribution in [1.82, 2.24) is 0 Å². The predicted molar refractivity (Wildman–Crippen MR) is 68.7 cm³/mol. The van der Waals surface area contributed by atoms with E-state index in [1.165, 1.54) is 6.07 Å². The zero-order valence-corrected chi connectivity index (χ0v) is 12.8. The van der Waals surface area contributed by atoms with Crippen molar-refractivity contribution in [3.8, 4) is 5.75 Å². The number of hydrogen-bond donors (Lipinski definition) is 2. The van der Waals surface area contributed by atoms with E-state index in [-0.39, 0.29) is 21.4 Å². The van der Waals surface area contributed by atoms with Gasteiger partial charge in [-0.05, 0) is 28.1 Å². The van der Waals surface area contributed by atoms with E-state index in [4.69, 9.17) is 5.73 Å². The van der Waals surface area contributed by atoms with Crippen molar-refractivity contribution in [2.45, 2.75) is 18.1 Å². The summed E-state index contributed by atoms with van der Waals surface area (Å²) in [6.07, 6.45) is -5.80. The quantitative estimate of drug-likeness (QED) is 0.671. The van der Waals surface area contributed by atoms with Crippen LogP contribution in [0.3, 0.4) is 0 Å². The number of nitrogens with two attached hydrogens (primary N) is 1. The summed E-state index contributed by atoms with van der Waals surface area (Å²) in [5.74, 6) is -5.90. The average molecular weight is 435 g/mol. The molecule has 3 N–H and O–H groups in total. The second kappa shape index (κ2) is 6.11. The number of phenolic OH excluding ortho intramolecular Hbond substituents is 1. The molecule has 0 fully saturated rings. The Morgan fingerprint density at radius 2 is 1.58 bits per heavy atom. The van der Waals surface area contributed by atoms with Crippen LogP contribution in [0.4, 0.5) is 22.0 Å². The molecule has 0 amide bonds. The van der Waals surface area contributed by atoms with Gasteiger partial charge in [0.1, 0.15) is 11.8 Å². The minimum atomic E-state index is -5.80.